The number of fused-ring (bicyclic) bond motifs is 5. The fourth-order valence-corrected chi connectivity index (χ4v) is 7.81. The molecule has 4 aliphatic carbocycles. The molecule has 4 rings (SSSR count). The Morgan fingerprint density at radius 3 is 2.44 bits per heavy atom. The molecule has 2 N–H and O–H groups in total. The fraction of sp³-hybridized carbons (Fsp3) is 0.826. The maximum absolute atomic E-state index is 11.3. The van der Waals surface area contributed by atoms with Gasteiger partial charge in [-0.15, -0.1) is 0 Å². The summed E-state index contributed by atoms with van der Waals surface area (Å²) in [6, 6.07) is 0. The first kappa shape index (κ1) is 19.0. The average molecular weight is 375 g/mol. The molecule has 0 heterocycles. The number of aliphatic carboxylic acids is 2. The molecule has 4 aliphatic rings. The Hall–Kier alpha value is -1.32. The molecule has 4 nitrogen and oxygen atoms in total. The smallest absolute Gasteiger partial charge is 0.303 e. The standard InChI is InChI=1S/C23H34O4/c1-22-9-7-14(12-20(24)25)11-15(22)3-5-17-18-6-4-16(13-21(26)27)23(18,2)10-8-19(17)22/h3,14,16-19H,4-13H2,1-2H3,(H,24,25)(H,26,27)/t14?,16?,17-,18-,19-,22-,23+/m0/s1. The Morgan fingerprint density at radius 1 is 1.00 bits per heavy atom. The van der Waals surface area contributed by atoms with Gasteiger partial charge < -0.3 is 10.2 Å². The van der Waals surface area contributed by atoms with Gasteiger partial charge in [0.25, 0.3) is 0 Å². The lowest BCUT2D eigenvalue weighted by molar-refractivity contribution is -0.140. The van der Waals surface area contributed by atoms with E-state index < -0.39 is 11.9 Å². The zero-order chi connectivity index (χ0) is 19.4. The molecule has 0 radical (unpaired) electrons. The Labute approximate surface area is 162 Å². The predicted molar refractivity (Wildman–Crippen MR) is 103 cm³/mol. The second kappa shape index (κ2) is 6.63. The average Bonchev–Trinajstić information content (AvgIpc) is 2.91. The van der Waals surface area contributed by atoms with Crippen LogP contribution >= 0.6 is 0 Å². The summed E-state index contributed by atoms with van der Waals surface area (Å²) >= 11 is 0. The minimum atomic E-state index is -0.665. The van der Waals surface area contributed by atoms with E-state index in [1.54, 1.807) is 0 Å². The highest BCUT2D eigenvalue weighted by molar-refractivity contribution is 5.67. The van der Waals surface area contributed by atoms with Gasteiger partial charge in [0.2, 0.25) is 0 Å². The Bertz CT molecular complexity index is 667. The molecule has 3 fully saturated rings. The van der Waals surface area contributed by atoms with Crippen LogP contribution in [0.25, 0.3) is 0 Å². The van der Waals surface area contributed by atoms with E-state index in [9.17, 15) is 19.8 Å². The summed E-state index contributed by atoms with van der Waals surface area (Å²) in [5.74, 6) is 1.38. The van der Waals surface area contributed by atoms with Crippen LogP contribution in [-0.4, -0.2) is 22.2 Å². The first-order chi connectivity index (χ1) is 12.7. The lowest BCUT2D eigenvalue weighted by Crippen LogP contribution is -2.50. The van der Waals surface area contributed by atoms with Crippen molar-refractivity contribution in [1.82, 2.24) is 0 Å². The van der Waals surface area contributed by atoms with Crippen molar-refractivity contribution in [2.24, 2.45) is 40.4 Å². The van der Waals surface area contributed by atoms with Crippen LogP contribution in [0, 0.1) is 40.4 Å². The van der Waals surface area contributed by atoms with E-state index in [-0.39, 0.29) is 10.8 Å². The molecule has 4 heteroatoms. The van der Waals surface area contributed by atoms with Crippen molar-refractivity contribution >= 4 is 11.9 Å². The van der Waals surface area contributed by atoms with Gasteiger partial charge >= 0.3 is 11.9 Å². The van der Waals surface area contributed by atoms with E-state index in [0.717, 1.165) is 38.5 Å². The molecule has 0 aromatic rings. The van der Waals surface area contributed by atoms with Crippen LogP contribution in [0.1, 0.15) is 78.1 Å². The summed E-state index contributed by atoms with van der Waals surface area (Å²) in [6.07, 6.45) is 12.0. The third kappa shape index (κ3) is 3.03. The van der Waals surface area contributed by atoms with Crippen molar-refractivity contribution in [2.45, 2.75) is 78.1 Å². The highest BCUT2D eigenvalue weighted by Crippen LogP contribution is 2.67. The number of carboxylic acid groups (broad SMARTS) is 2. The number of carbonyl (C=O) groups is 2. The maximum atomic E-state index is 11.3. The zero-order valence-corrected chi connectivity index (χ0v) is 16.7. The van der Waals surface area contributed by atoms with Crippen molar-refractivity contribution in [3.8, 4) is 0 Å². The summed E-state index contributed by atoms with van der Waals surface area (Å²) in [5, 5.41) is 18.5. The van der Waals surface area contributed by atoms with Gasteiger partial charge in [0, 0.05) is 12.8 Å². The molecule has 150 valence electrons. The Balaban J connectivity index is 1.55. The van der Waals surface area contributed by atoms with Gasteiger partial charge in [-0.25, -0.2) is 0 Å². The normalized spacial score (nSPS) is 46.0. The quantitative estimate of drug-likeness (QED) is 0.669. The summed E-state index contributed by atoms with van der Waals surface area (Å²) in [7, 11) is 0. The van der Waals surface area contributed by atoms with Crippen LogP contribution in [0.15, 0.2) is 11.6 Å². The number of carboxylic acids is 2. The lowest BCUT2D eigenvalue weighted by atomic mass is 9.47. The molecule has 27 heavy (non-hydrogen) atoms. The van der Waals surface area contributed by atoms with Crippen LogP contribution in [0.2, 0.25) is 0 Å². The van der Waals surface area contributed by atoms with Crippen molar-refractivity contribution in [2.75, 3.05) is 0 Å². The summed E-state index contributed by atoms with van der Waals surface area (Å²) in [4.78, 5) is 22.5. The highest BCUT2D eigenvalue weighted by atomic mass is 16.4. The van der Waals surface area contributed by atoms with Gasteiger partial charge in [0.1, 0.15) is 0 Å². The number of hydrogen-bond donors (Lipinski definition) is 2. The number of hydrogen-bond acceptors (Lipinski definition) is 2. The molecule has 7 atom stereocenters. The van der Waals surface area contributed by atoms with Crippen LogP contribution in [0.3, 0.4) is 0 Å². The molecule has 0 aromatic heterocycles. The molecule has 0 spiro atoms. The van der Waals surface area contributed by atoms with Crippen LogP contribution in [0.5, 0.6) is 0 Å². The first-order valence-electron chi connectivity index (χ1n) is 10.9. The van der Waals surface area contributed by atoms with E-state index in [2.05, 4.69) is 19.9 Å². The zero-order valence-electron chi connectivity index (χ0n) is 16.7. The minimum absolute atomic E-state index is 0.196. The summed E-state index contributed by atoms with van der Waals surface area (Å²) in [6.45, 7) is 4.82. The monoisotopic (exact) mass is 374 g/mol. The van der Waals surface area contributed by atoms with Crippen molar-refractivity contribution in [3.63, 3.8) is 0 Å². The third-order valence-corrected chi connectivity index (χ3v) is 9.29. The number of allylic oxidation sites excluding steroid dienone is 2. The summed E-state index contributed by atoms with van der Waals surface area (Å²) in [5.41, 5.74) is 1.97. The van der Waals surface area contributed by atoms with Crippen molar-refractivity contribution in [3.05, 3.63) is 11.6 Å². The number of rotatable bonds is 4. The van der Waals surface area contributed by atoms with Crippen LogP contribution in [-0.2, 0) is 9.59 Å². The SMILES string of the molecule is C[C@]12CCC(CC(=O)O)CC1=CC[C@@H]1[C@@H]2CC[C@]2(C)C(CC(=O)O)CC[C@@H]12. The van der Waals surface area contributed by atoms with E-state index in [1.165, 1.54) is 18.4 Å². The van der Waals surface area contributed by atoms with Gasteiger partial charge in [-0.2, -0.15) is 0 Å². The van der Waals surface area contributed by atoms with E-state index in [4.69, 9.17) is 0 Å². The fourth-order valence-electron chi connectivity index (χ4n) is 7.81. The predicted octanol–water partition coefficient (Wildman–Crippen LogP) is 5.13. The van der Waals surface area contributed by atoms with Gasteiger partial charge in [-0.05, 0) is 91.8 Å². The Kier molecular flexibility index (Phi) is 4.67. The topological polar surface area (TPSA) is 74.6 Å². The van der Waals surface area contributed by atoms with E-state index >= 15 is 0 Å². The molecular formula is C23H34O4. The second-order valence-corrected chi connectivity index (χ2v) is 10.4. The molecule has 3 saturated carbocycles. The lowest BCUT2D eigenvalue weighted by Gasteiger charge is -2.58. The van der Waals surface area contributed by atoms with E-state index in [0.29, 0.717) is 42.4 Å². The molecule has 0 aliphatic heterocycles. The summed E-state index contributed by atoms with van der Waals surface area (Å²) < 4.78 is 0. The Morgan fingerprint density at radius 2 is 1.74 bits per heavy atom. The van der Waals surface area contributed by atoms with Gasteiger partial charge in [-0.3, -0.25) is 9.59 Å². The van der Waals surface area contributed by atoms with Crippen molar-refractivity contribution < 1.29 is 19.8 Å². The molecule has 0 bridgehead atoms. The molecule has 2 unspecified atom stereocenters. The van der Waals surface area contributed by atoms with E-state index in [1.807, 2.05) is 0 Å². The van der Waals surface area contributed by atoms with Gasteiger partial charge in [0.15, 0.2) is 0 Å². The van der Waals surface area contributed by atoms with Crippen molar-refractivity contribution in [1.29, 1.82) is 0 Å². The molecule has 0 aromatic carbocycles. The third-order valence-electron chi connectivity index (χ3n) is 9.29. The molecular weight excluding hydrogens is 340 g/mol. The first-order valence-corrected chi connectivity index (χ1v) is 10.9. The minimum Gasteiger partial charge on any atom is -0.481 e. The maximum Gasteiger partial charge on any atom is 0.303 e. The largest absolute Gasteiger partial charge is 0.481 e. The molecule has 0 saturated heterocycles. The second-order valence-electron chi connectivity index (χ2n) is 10.4. The van der Waals surface area contributed by atoms with Gasteiger partial charge in [-0.1, -0.05) is 25.5 Å². The van der Waals surface area contributed by atoms with Crippen LogP contribution in [0.4, 0.5) is 0 Å². The van der Waals surface area contributed by atoms with Crippen LogP contribution < -0.4 is 0 Å². The van der Waals surface area contributed by atoms with Gasteiger partial charge in [0.05, 0.1) is 0 Å². The highest BCUT2D eigenvalue weighted by Gasteiger charge is 2.58. The molecule has 0 amide bonds.